The number of aliphatic hydroxyl groups is 2. The number of rotatable bonds is 3. The lowest BCUT2D eigenvalue weighted by Gasteiger charge is -2.19. The Labute approximate surface area is 115 Å². The largest absolute Gasteiger partial charge is 0.444 e. The summed E-state index contributed by atoms with van der Waals surface area (Å²) in [6, 6.07) is 3.03. The average molecular weight is 284 g/mol. The van der Waals surface area contributed by atoms with Crippen molar-refractivity contribution in [3.8, 4) is 6.07 Å². The van der Waals surface area contributed by atoms with Crippen molar-refractivity contribution in [3.63, 3.8) is 0 Å². The number of nitrogens with zero attached hydrogens (tertiary/aromatic N) is 1. The summed E-state index contributed by atoms with van der Waals surface area (Å²) in [7, 11) is 0. The number of nitriles is 1. The molecule has 0 fully saturated rings. The molecule has 0 radical (unpaired) electrons. The van der Waals surface area contributed by atoms with E-state index in [1.165, 1.54) is 17.4 Å². The van der Waals surface area contributed by atoms with Crippen molar-refractivity contribution in [2.24, 2.45) is 0 Å². The van der Waals surface area contributed by atoms with Crippen molar-refractivity contribution in [2.45, 2.75) is 38.6 Å². The molecule has 19 heavy (non-hydrogen) atoms. The molecule has 6 nitrogen and oxygen atoms in total. The fourth-order valence-corrected chi connectivity index (χ4v) is 2.05. The van der Waals surface area contributed by atoms with Gasteiger partial charge in [-0.15, -0.1) is 11.3 Å². The van der Waals surface area contributed by atoms with Crippen LogP contribution in [0.5, 0.6) is 0 Å². The molecule has 0 aromatic carbocycles. The maximum atomic E-state index is 11.5. The van der Waals surface area contributed by atoms with Crippen molar-refractivity contribution in [2.75, 3.05) is 5.32 Å². The molecular weight excluding hydrogens is 268 g/mol. The predicted molar refractivity (Wildman–Crippen MR) is 70.8 cm³/mol. The highest BCUT2D eigenvalue weighted by Gasteiger charge is 2.20. The van der Waals surface area contributed by atoms with Crippen molar-refractivity contribution >= 4 is 22.4 Å². The lowest BCUT2D eigenvalue weighted by Crippen LogP contribution is -2.27. The molecule has 0 aliphatic heterocycles. The van der Waals surface area contributed by atoms with Crippen LogP contribution in [-0.2, 0) is 4.74 Å². The van der Waals surface area contributed by atoms with Gasteiger partial charge in [-0.25, -0.2) is 4.79 Å². The maximum absolute atomic E-state index is 11.5. The van der Waals surface area contributed by atoms with E-state index < -0.39 is 23.9 Å². The molecule has 1 heterocycles. The summed E-state index contributed by atoms with van der Waals surface area (Å²) in [6.07, 6.45) is -3.39. The molecule has 0 aliphatic rings. The van der Waals surface area contributed by atoms with E-state index in [2.05, 4.69) is 5.32 Å². The smallest absolute Gasteiger partial charge is 0.412 e. The summed E-state index contributed by atoms with van der Waals surface area (Å²) >= 11 is 1.17. The quantitative estimate of drug-likeness (QED) is 0.737. The van der Waals surface area contributed by atoms with Crippen LogP contribution in [0.25, 0.3) is 0 Å². The van der Waals surface area contributed by atoms with Gasteiger partial charge in [0.15, 0.2) is 6.10 Å². The highest BCUT2D eigenvalue weighted by molar-refractivity contribution is 7.14. The van der Waals surface area contributed by atoms with E-state index in [0.29, 0.717) is 10.6 Å². The third kappa shape index (κ3) is 4.87. The summed E-state index contributed by atoms with van der Waals surface area (Å²) in [4.78, 5) is 11.5. The zero-order valence-electron chi connectivity index (χ0n) is 10.9. The SMILES string of the molecule is CC(C)(C)OC(=O)Nc1cc(C(O)C(O)C#N)cs1. The third-order valence-corrected chi connectivity index (χ3v) is 2.88. The number of amides is 1. The van der Waals surface area contributed by atoms with E-state index in [9.17, 15) is 15.0 Å². The first-order valence-corrected chi connectivity index (χ1v) is 6.45. The van der Waals surface area contributed by atoms with Crippen LogP contribution in [-0.4, -0.2) is 28.0 Å². The van der Waals surface area contributed by atoms with Gasteiger partial charge >= 0.3 is 6.09 Å². The van der Waals surface area contributed by atoms with Gasteiger partial charge in [0.05, 0.1) is 11.1 Å². The van der Waals surface area contributed by atoms with Gasteiger partial charge in [0, 0.05) is 0 Å². The number of ether oxygens (including phenoxy) is 1. The lowest BCUT2D eigenvalue weighted by molar-refractivity contribution is 0.0531. The summed E-state index contributed by atoms with van der Waals surface area (Å²) in [5, 5.41) is 31.9. The second kappa shape index (κ2) is 6.02. The number of hydrogen-bond donors (Lipinski definition) is 3. The Bertz CT molecular complexity index is 487. The maximum Gasteiger partial charge on any atom is 0.412 e. The van der Waals surface area contributed by atoms with E-state index in [-0.39, 0.29) is 0 Å². The van der Waals surface area contributed by atoms with Gasteiger partial charge in [-0.2, -0.15) is 5.26 Å². The molecule has 2 unspecified atom stereocenters. The Morgan fingerprint density at radius 2 is 2.16 bits per heavy atom. The fourth-order valence-electron chi connectivity index (χ4n) is 1.23. The van der Waals surface area contributed by atoms with E-state index >= 15 is 0 Å². The van der Waals surface area contributed by atoms with Crippen LogP contribution in [0.3, 0.4) is 0 Å². The number of hydrogen-bond acceptors (Lipinski definition) is 6. The summed E-state index contributed by atoms with van der Waals surface area (Å²) in [6.45, 7) is 5.25. The van der Waals surface area contributed by atoms with E-state index in [0.717, 1.165) is 0 Å². The van der Waals surface area contributed by atoms with Crippen molar-refractivity contribution in [1.29, 1.82) is 5.26 Å². The van der Waals surface area contributed by atoms with Crippen LogP contribution in [0, 0.1) is 11.3 Å². The number of anilines is 1. The molecule has 0 spiro atoms. The van der Waals surface area contributed by atoms with Crippen LogP contribution in [0.4, 0.5) is 9.80 Å². The van der Waals surface area contributed by atoms with Gasteiger partial charge in [-0.1, -0.05) is 0 Å². The fraction of sp³-hybridized carbons (Fsp3) is 0.500. The first kappa shape index (κ1) is 15.4. The Morgan fingerprint density at radius 3 is 2.68 bits per heavy atom. The Hall–Kier alpha value is -1.62. The van der Waals surface area contributed by atoms with Gasteiger partial charge in [0.2, 0.25) is 0 Å². The van der Waals surface area contributed by atoms with Crippen LogP contribution in [0.15, 0.2) is 11.4 Å². The molecule has 104 valence electrons. The number of nitrogens with one attached hydrogen (secondary N) is 1. The molecule has 0 bridgehead atoms. The summed E-state index contributed by atoms with van der Waals surface area (Å²) in [5.74, 6) is 0. The number of carbonyl (C=O) groups is 1. The van der Waals surface area contributed by atoms with Gasteiger partial charge < -0.3 is 14.9 Å². The molecule has 0 saturated heterocycles. The molecule has 2 atom stereocenters. The molecule has 0 aliphatic carbocycles. The van der Waals surface area contributed by atoms with Gasteiger partial charge in [-0.3, -0.25) is 5.32 Å². The van der Waals surface area contributed by atoms with Crippen molar-refractivity contribution in [1.82, 2.24) is 0 Å². The molecule has 7 heteroatoms. The minimum absolute atomic E-state index is 0.366. The van der Waals surface area contributed by atoms with Gasteiger partial charge in [0.25, 0.3) is 0 Å². The summed E-state index contributed by atoms with van der Waals surface area (Å²) in [5.41, 5.74) is -0.231. The van der Waals surface area contributed by atoms with Gasteiger partial charge in [0.1, 0.15) is 11.7 Å². The topological polar surface area (TPSA) is 103 Å². The average Bonchev–Trinajstić information content (AvgIpc) is 2.72. The monoisotopic (exact) mass is 284 g/mol. The molecule has 3 N–H and O–H groups in total. The third-order valence-electron chi connectivity index (χ3n) is 2.02. The first-order valence-electron chi connectivity index (χ1n) is 5.57. The van der Waals surface area contributed by atoms with E-state index in [1.807, 2.05) is 0 Å². The Morgan fingerprint density at radius 1 is 1.53 bits per heavy atom. The zero-order valence-corrected chi connectivity index (χ0v) is 11.7. The highest BCUT2D eigenvalue weighted by Crippen LogP contribution is 2.27. The van der Waals surface area contributed by atoms with Crippen molar-refractivity contribution < 1.29 is 19.7 Å². The first-order chi connectivity index (χ1) is 8.73. The second-order valence-electron chi connectivity index (χ2n) is 4.89. The molecular formula is C12H16N2O4S. The molecule has 1 aromatic heterocycles. The standard InChI is InChI=1S/C12H16N2O4S/c1-12(2,3)18-11(17)14-9-4-7(6-19-9)10(16)8(15)5-13/h4,6,8,10,15-16H,1-3H3,(H,14,17). The minimum Gasteiger partial charge on any atom is -0.444 e. The van der Waals surface area contributed by atoms with Gasteiger partial charge in [-0.05, 0) is 37.8 Å². The molecule has 1 amide bonds. The zero-order chi connectivity index (χ0) is 14.6. The van der Waals surface area contributed by atoms with Crippen LogP contribution >= 0.6 is 11.3 Å². The number of carbonyl (C=O) groups excluding carboxylic acids is 1. The molecule has 0 saturated carbocycles. The highest BCUT2D eigenvalue weighted by atomic mass is 32.1. The molecule has 1 aromatic rings. The van der Waals surface area contributed by atoms with E-state index in [4.69, 9.17) is 10.00 Å². The van der Waals surface area contributed by atoms with Crippen LogP contribution < -0.4 is 5.32 Å². The molecule has 1 rings (SSSR count). The van der Waals surface area contributed by atoms with Crippen LogP contribution in [0.2, 0.25) is 0 Å². The normalized spacial score (nSPS) is 14.3. The van der Waals surface area contributed by atoms with Crippen molar-refractivity contribution in [3.05, 3.63) is 17.0 Å². The van der Waals surface area contributed by atoms with Crippen LogP contribution in [0.1, 0.15) is 32.4 Å². The Balaban J connectivity index is 2.66. The number of aliphatic hydroxyl groups excluding tert-OH is 2. The second-order valence-corrected chi connectivity index (χ2v) is 5.80. The number of thiophene rings is 1. The lowest BCUT2D eigenvalue weighted by atomic mass is 10.1. The minimum atomic E-state index is -1.50. The predicted octanol–water partition coefficient (Wildman–Crippen LogP) is 2.01. The Kier molecular flexibility index (Phi) is 4.89. The van der Waals surface area contributed by atoms with E-state index in [1.54, 1.807) is 32.2 Å². The summed E-state index contributed by atoms with van der Waals surface area (Å²) < 4.78 is 5.07.